The third-order valence-corrected chi connectivity index (χ3v) is 1.31. The molecule has 0 fully saturated rings. The maximum atomic E-state index is 10.1. The number of aliphatic hydroxyl groups is 1. The van der Waals surface area contributed by atoms with E-state index in [2.05, 4.69) is 0 Å². The number of carbonyl (C=O) groups is 1. The molecule has 0 unspecified atom stereocenters. The van der Waals surface area contributed by atoms with Crippen LogP contribution in [-0.4, -0.2) is 21.3 Å². The number of carboxylic acids is 1. The first kappa shape index (κ1) is 12.5. The van der Waals surface area contributed by atoms with Crippen molar-refractivity contribution in [2.24, 2.45) is 0 Å². The van der Waals surface area contributed by atoms with Crippen molar-refractivity contribution in [3.05, 3.63) is 35.9 Å². The van der Waals surface area contributed by atoms with Crippen molar-refractivity contribution >= 4 is 12.0 Å². The summed E-state index contributed by atoms with van der Waals surface area (Å²) in [5.74, 6) is -0.814. The van der Waals surface area contributed by atoms with E-state index in [-0.39, 0.29) is 5.75 Å². The summed E-state index contributed by atoms with van der Waals surface area (Å²) < 4.78 is 0. The van der Waals surface area contributed by atoms with Gasteiger partial charge >= 0.3 is 5.97 Å². The van der Waals surface area contributed by atoms with E-state index in [4.69, 9.17) is 20.6 Å². The lowest BCUT2D eigenvalue weighted by atomic mass is 10.2. The molecule has 1 aromatic rings. The minimum Gasteiger partial charge on any atom is -0.508 e. The van der Waals surface area contributed by atoms with Gasteiger partial charge in [0.15, 0.2) is 0 Å². The average molecular weight is 207 g/mol. The van der Waals surface area contributed by atoms with Crippen molar-refractivity contribution in [1.29, 1.82) is 5.26 Å². The molecule has 78 valence electrons. The van der Waals surface area contributed by atoms with Crippen LogP contribution in [0, 0.1) is 11.5 Å². The van der Waals surface area contributed by atoms with Crippen molar-refractivity contribution in [2.45, 2.75) is 0 Å². The van der Waals surface area contributed by atoms with Crippen LogP contribution in [0.4, 0.5) is 0 Å². The summed E-state index contributed by atoms with van der Waals surface area (Å²) in [6, 6.07) is 6.27. The van der Waals surface area contributed by atoms with E-state index in [0.29, 0.717) is 0 Å². The number of nitrogens with zero attached hydrogens (tertiary/aromatic N) is 1. The molecule has 0 aliphatic carbocycles. The van der Waals surface area contributed by atoms with Crippen LogP contribution >= 0.6 is 0 Å². The number of benzene rings is 1. The van der Waals surface area contributed by atoms with E-state index in [1.54, 1.807) is 12.1 Å². The fourth-order valence-electron chi connectivity index (χ4n) is 0.753. The van der Waals surface area contributed by atoms with Crippen LogP contribution in [0.2, 0.25) is 0 Å². The van der Waals surface area contributed by atoms with E-state index in [1.807, 2.05) is 0 Å². The summed E-state index contributed by atoms with van der Waals surface area (Å²) in [6.07, 6.45) is 3.26. The third kappa shape index (κ3) is 6.66. The van der Waals surface area contributed by atoms with Crippen molar-refractivity contribution in [1.82, 2.24) is 0 Å². The Morgan fingerprint density at radius 1 is 1.33 bits per heavy atom. The van der Waals surface area contributed by atoms with E-state index in [1.165, 1.54) is 18.2 Å². The summed E-state index contributed by atoms with van der Waals surface area (Å²) >= 11 is 0. The smallest absolute Gasteiger partial charge is 0.328 e. The number of phenolic OH excluding ortho intramolecular Hbond substituents is 1. The fourth-order valence-corrected chi connectivity index (χ4v) is 0.753. The first-order valence-electron chi connectivity index (χ1n) is 3.83. The quantitative estimate of drug-likeness (QED) is 0.501. The molecule has 0 radical (unpaired) electrons. The number of aliphatic hydroxyl groups excluding tert-OH is 1. The highest BCUT2D eigenvalue weighted by atomic mass is 16.4. The predicted molar refractivity (Wildman–Crippen MR) is 52.3 cm³/mol. The molecule has 0 spiro atoms. The van der Waals surface area contributed by atoms with Gasteiger partial charge in [0.2, 0.25) is 0 Å². The maximum absolute atomic E-state index is 10.1. The summed E-state index contributed by atoms with van der Waals surface area (Å²) in [7, 11) is 0. The van der Waals surface area contributed by atoms with Gasteiger partial charge in [-0.25, -0.2) is 4.79 Å². The minimum atomic E-state index is -0.983. The molecule has 0 heterocycles. The Bertz CT molecular complexity index is 375. The van der Waals surface area contributed by atoms with E-state index in [9.17, 15) is 4.79 Å². The van der Waals surface area contributed by atoms with Gasteiger partial charge in [-0.1, -0.05) is 12.1 Å². The standard InChI is InChI=1S/C9H8O3.CHNO/c10-8-4-1-7(2-5-8)3-6-9(11)12;2-1-3/h1-6,10H,(H,11,12);3H. The Balaban J connectivity index is 0.000000583. The first-order valence-corrected chi connectivity index (χ1v) is 3.83. The second kappa shape index (κ2) is 6.97. The third-order valence-electron chi connectivity index (χ3n) is 1.31. The number of rotatable bonds is 2. The molecule has 15 heavy (non-hydrogen) atoms. The van der Waals surface area contributed by atoms with E-state index in [0.717, 1.165) is 17.9 Å². The van der Waals surface area contributed by atoms with Crippen LogP contribution < -0.4 is 0 Å². The van der Waals surface area contributed by atoms with Gasteiger partial charge in [-0.15, -0.1) is 0 Å². The van der Waals surface area contributed by atoms with Gasteiger partial charge in [-0.2, -0.15) is 5.26 Å². The second-order valence-electron chi connectivity index (χ2n) is 2.36. The lowest BCUT2D eigenvalue weighted by molar-refractivity contribution is -0.131. The van der Waals surface area contributed by atoms with Crippen LogP contribution in [0.1, 0.15) is 5.56 Å². The van der Waals surface area contributed by atoms with Crippen LogP contribution in [-0.2, 0) is 4.79 Å². The molecule has 0 aliphatic rings. The topological polar surface area (TPSA) is 102 Å². The van der Waals surface area contributed by atoms with Crippen molar-refractivity contribution in [3.63, 3.8) is 0 Å². The molecule has 0 aliphatic heterocycles. The number of aromatic hydroxyl groups is 1. The van der Waals surface area contributed by atoms with Crippen molar-refractivity contribution in [2.75, 3.05) is 0 Å². The molecule has 5 heteroatoms. The zero-order valence-electron chi connectivity index (χ0n) is 7.66. The summed E-state index contributed by atoms with van der Waals surface area (Å²) in [5.41, 5.74) is 0.746. The van der Waals surface area contributed by atoms with Gasteiger partial charge in [0.1, 0.15) is 5.75 Å². The Labute approximate surface area is 86.1 Å². The van der Waals surface area contributed by atoms with Crippen LogP contribution in [0.3, 0.4) is 0 Å². The van der Waals surface area contributed by atoms with Gasteiger partial charge in [0, 0.05) is 6.08 Å². The second-order valence-corrected chi connectivity index (χ2v) is 2.36. The molecule has 5 nitrogen and oxygen atoms in total. The Kier molecular flexibility index (Phi) is 5.82. The summed E-state index contributed by atoms with van der Waals surface area (Å²) in [4.78, 5) is 10.1. The van der Waals surface area contributed by atoms with Gasteiger partial charge in [-0.05, 0) is 23.8 Å². The number of hydrogen-bond acceptors (Lipinski definition) is 4. The molecule has 0 atom stereocenters. The molecular weight excluding hydrogens is 198 g/mol. The Hall–Kier alpha value is -2.48. The van der Waals surface area contributed by atoms with Crippen LogP contribution in [0.15, 0.2) is 30.3 Å². The lowest BCUT2D eigenvalue weighted by Gasteiger charge is -1.92. The van der Waals surface area contributed by atoms with E-state index < -0.39 is 5.97 Å². The Morgan fingerprint density at radius 3 is 2.20 bits per heavy atom. The molecule has 0 saturated heterocycles. The molecule has 0 amide bonds. The molecule has 1 aromatic carbocycles. The molecule has 3 N–H and O–H groups in total. The zero-order valence-corrected chi connectivity index (χ0v) is 7.66. The SMILES string of the molecule is N#CO.O=C(O)C=Cc1ccc(O)cc1. The molecular formula is C10H9NO4. The van der Waals surface area contributed by atoms with Crippen LogP contribution in [0.25, 0.3) is 6.08 Å². The summed E-state index contributed by atoms with van der Waals surface area (Å²) in [6.45, 7) is 0. The highest BCUT2D eigenvalue weighted by Gasteiger charge is 1.89. The van der Waals surface area contributed by atoms with E-state index >= 15 is 0 Å². The molecule has 0 aromatic heterocycles. The maximum Gasteiger partial charge on any atom is 0.328 e. The molecule has 1 rings (SSSR count). The number of nitriles is 1. The Morgan fingerprint density at radius 2 is 1.80 bits per heavy atom. The monoisotopic (exact) mass is 207 g/mol. The number of carboxylic acid groups (broad SMARTS) is 1. The highest BCUT2D eigenvalue weighted by Crippen LogP contribution is 2.10. The number of phenols is 1. The minimum absolute atomic E-state index is 0.169. The zero-order chi connectivity index (χ0) is 11.7. The molecule has 0 bridgehead atoms. The largest absolute Gasteiger partial charge is 0.508 e. The van der Waals surface area contributed by atoms with Crippen molar-refractivity contribution < 1.29 is 20.1 Å². The van der Waals surface area contributed by atoms with Gasteiger partial charge in [0.05, 0.1) is 0 Å². The lowest BCUT2D eigenvalue weighted by Crippen LogP contribution is -1.85. The highest BCUT2D eigenvalue weighted by molar-refractivity contribution is 5.85. The van der Waals surface area contributed by atoms with Gasteiger partial charge in [0.25, 0.3) is 6.26 Å². The average Bonchev–Trinajstić information content (AvgIpc) is 2.18. The molecule has 0 saturated carbocycles. The predicted octanol–water partition coefficient (Wildman–Crippen LogP) is 1.33. The normalized spacial score (nSPS) is 8.73. The van der Waals surface area contributed by atoms with Gasteiger partial charge in [-0.3, -0.25) is 0 Å². The summed E-state index contributed by atoms with van der Waals surface area (Å²) in [5, 5.41) is 30.9. The van der Waals surface area contributed by atoms with Crippen LogP contribution in [0.5, 0.6) is 5.75 Å². The fraction of sp³-hybridized carbons (Fsp3) is 0. The number of aliphatic carboxylic acids is 1. The number of hydrogen-bond donors (Lipinski definition) is 3. The first-order chi connectivity index (χ1) is 7.10. The van der Waals surface area contributed by atoms with Gasteiger partial charge < -0.3 is 15.3 Å². The van der Waals surface area contributed by atoms with Crippen molar-refractivity contribution in [3.8, 4) is 12.0 Å².